The highest BCUT2D eigenvalue weighted by molar-refractivity contribution is 7.10. The van der Waals surface area contributed by atoms with Gasteiger partial charge in [-0.05, 0) is 53.5 Å². The summed E-state index contributed by atoms with van der Waals surface area (Å²) in [6.07, 6.45) is 2.97. The summed E-state index contributed by atoms with van der Waals surface area (Å²) in [7, 11) is 0. The maximum absolute atomic E-state index is 13.6. The molecule has 2 aromatic heterocycles. The van der Waals surface area contributed by atoms with E-state index < -0.39 is 0 Å². The van der Waals surface area contributed by atoms with Gasteiger partial charge in [0.15, 0.2) is 0 Å². The minimum atomic E-state index is -0.282. The molecule has 0 bridgehead atoms. The predicted molar refractivity (Wildman–Crippen MR) is 113 cm³/mol. The van der Waals surface area contributed by atoms with Crippen LogP contribution in [0.15, 0.2) is 75.6 Å². The van der Waals surface area contributed by atoms with Crippen molar-refractivity contribution in [1.29, 1.82) is 0 Å². The van der Waals surface area contributed by atoms with Gasteiger partial charge in [0.25, 0.3) is 0 Å². The molecule has 0 unspecified atom stereocenters. The van der Waals surface area contributed by atoms with Crippen molar-refractivity contribution in [2.45, 2.75) is 31.3 Å². The second kappa shape index (κ2) is 6.19. The maximum Gasteiger partial charge on any atom is 0.352 e. The first-order chi connectivity index (χ1) is 14.3. The lowest BCUT2D eigenvalue weighted by Crippen LogP contribution is -2.40. The molecular weight excluding hydrogens is 382 g/mol. The Morgan fingerprint density at radius 3 is 2.31 bits per heavy atom. The molecule has 2 atom stereocenters. The first-order valence-corrected chi connectivity index (χ1v) is 10.8. The van der Waals surface area contributed by atoms with Crippen LogP contribution in [-0.2, 0) is 6.42 Å². The predicted octanol–water partition coefficient (Wildman–Crippen LogP) is 3.74. The smallest absolute Gasteiger partial charge is 0.245 e. The third kappa shape index (κ3) is 2.26. The summed E-state index contributed by atoms with van der Waals surface area (Å²) in [6.45, 7) is 0. The van der Waals surface area contributed by atoms with Crippen molar-refractivity contribution in [3.63, 3.8) is 0 Å². The van der Waals surface area contributed by atoms with Crippen LogP contribution in [0.5, 0.6) is 0 Å². The van der Waals surface area contributed by atoms with Crippen molar-refractivity contribution < 1.29 is 0 Å². The highest BCUT2D eigenvalue weighted by Gasteiger charge is 2.40. The van der Waals surface area contributed by atoms with E-state index in [1.54, 1.807) is 20.7 Å². The van der Waals surface area contributed by atoms with Crippen molar-refractivity contribution in [3.05, 3.63) is 109 Å². The summed E-state index contributed by atoms with van der Waals surface area (Å²) in [5.41, 5.74) is 3.55. The minimum Gasteiger partial charge on any atom is -0.245 e. The number of fused-ring (bicyclic) bond motifs is 2. The van der Waals surface area contributed by atoms with Gasteiger partial charge in [0.1, 0.15) is 6.04 Å². The first-order valence-electron chi connectivity index (χ1n) is 9.92. The third-order valence-corrected chi connectivity index (χ3v) is 7.21. The van der Waals surface area contributed by atoms with E-state index in [-0.39, 0.29) is 23.5 Å². The molecule has 6 heteroatoms. The summed E-state index contributed by atoms with van der Waals surface area (Å²) in [4.78, 5) is 28.5. The lowest BCUT2D eigenvalue weighted by atomic mass is 9.85. The highest BCUT2D eigenvalue weighted by atomic mass is 32.1. The van der Waals surface area contributed by atoms with Gasteiger partial charge in [-0.2, -0.15) is 0 Å². The van der Waals surface area contributed by atoms with Crippen LogP contribution in [0, 0.1) is 0 Å². The van der Waals surface area contributed by atoms with Crippen molar-refractivity contribution in [3.8, 4) is 5.69 Å². The SMILES string of the molecule is O=c1n(-c2ccccc2)c(=O)n2n1[C@@H](c1ccccc1)c1csc3c1[C@H]2CCC3. The second-order valence-electron chi connectivity index (χ2n) is 7.67. The molecule has 2 aliphatic rings. The van der Waals surface area contributed by atoms with E-state index in [1.165, 1.54) is 20.6 Å². The zero-order valence-corrected chi connectivity index (χ0v) is 16.5. The summed E-state index contributed by atoms with van der Waals surface area (Å²) < 4.78 is 4.74. The average Bonchev–Trinajstić information content (AvgIpc) is 3.30. The Balaban J connectivity index is 1.71. The normalized spacial score (nSPS) is 19.6. The van der Waals surface area contributed by atoms with Crippen LogP contribution in [0.3, 0.4) is 0 Å². The van der Waals surface area contributed by atoms with Crippen LogP contribution in [0.2, 0.25) is 0 Å². The van der Waals surface area contributed by atoms with Crippen molar-refractivity contribution >= 4 is 11.3 Å². The van der Waals surface area contributed by atoms with Gasteiger partial charge in [0.05, 0.1) is 11.7 Å². The molecule has 3 heterocycles. The molecule has 5 nitrogen and oxygen atoms in total. The molecule has 0 radical (unpaired) electrons. The standard InChI is InChI=1S/C23H19N3O2S/c27-22-24(16-10-5-2-6-11-16)23(28)26-21(15-8-3-1-4-9-15)17-14-29-19-13-7-12-18(20(17)19)25(22)26/h1-6,8-11,14,18,21H,7,12-13H2/t18-,21+/m1/s1. The molecule has 2 aromatic carbocycles. The Kier molecular flexibility index (Phi) is 3.59. The summed E-state index contributed by atoms with van der Waals surface area (Å²) in [5, 5.41) is 2.20. The highest BCUT2D eigenvalue weighted by Crippen LogP contribution is 2.46. The average molecular weight is 401 g/mol. The van der Waals surface area contributed by atoms with Gasteiger partial charge in [-0.3, -0.25) is 0 Å². The molecule has 0 spiro atoms. The van der Waals surface area contributed by atoms with E-state index in [0.29, 0.717) is 5.69 Å². The first kappa shape index (κ1) is 16.8. The fourth-order valence-corrected chi connectivity index (χ4v) is 6.09. The molecule has 0 amide bonds. The minimum absolute atomic E-state index is 0.0647. The lowest BCUT2D eigenvalue weighted by Gasteiger charge is -2.35. The molecule has 0 saturated carbocycles. The topological polar surface area (TPSA) is 48.9 Å². The van der Waals surface area contributed by atoms with Gasteiger partial charge < -0.3 is 0 Å². The number of thiophene rings is 1. The Morgan fingerprint density at radius 2 is 1.55 bits per heavy atom. The van der Waals surface area contributed by atoms with Gasteiger partial charge in [-0.25, -0.2) is 23.5 Å². The number of rotatable bonds is 2. The summed E-state index contributed by atoms with van der Waals surface area (Å²) >= 11 is 1.77. The molecule has 1 aliphatic heterocycles. The number of hydrogen-bond donors (Lipinski definition) is 0. The van der Waals surface area contributed by atoms with Crippen molar-refractivity contribution in [2.24, 2.45) is 0 Å². The summed E-state index contributed by atoms with van der Waals surface area (Å²) in [5.74, 6) is 0. The molecular formula is C23H19N3O2S. The Labute approximate surface area is 171 Å². The van der Waals surface area contributed by atoms with Gasteiger partial charge in [-0.15, -0.1) is 11.3 Å². The number of aryl methyl sites for hydroxylation is 1. The third-order valence-electron chi connectivity index (χ3n) is 6.12. The molecule has 29 heavy (non-hydrogen) atoms. The maximum atomic E-state index is 13.6. The van der Waals surface area contributed by atoms with E-state index in [9.17, 15) is 9.59 Å². The number of hydrogen-bond acceptors (Lipinski definition) is 3. The number of nitrogens with zero attached hydrogens (tertiary/aromatic N) is 3. The molecule has 0 saturated heterocycles. The fraction of sp³-hybridized carbons (Fsp3) is 0.217. The molecule has 0 fully saturated rings. The van der Waals surface area contributed by atoms with Gasteiger partial charge in [0.2, 0.25) is 0 Å². The molecule has 0 N–H and O–H groups in total. The lowest BCUT2D eigenvalue weighted by molar-refractivity contribution is 0.324. The van der Waals surface area contributed by atoms with Crippen LogP contribution in [0.4, 0.5) is 0 Å². The molecule has 144 valence electrons. The van der Waals surface area contributed by atoms with Gasteiger partial charge >= 0.3 is 11.4 Å². The second-order valence-corrected chi connectivity index (χ2v) is 8.64. The van der Waals surface area contributed by atoms with E-state index >= 15 is 0 Å². The molecule has 6 rings (SSSR count). The molecule has 4 aromatic rings. The van der Waals surface area contributed by atoms with Crippen LogP contribution >= 0.6 is 11.3 Å². The number of benzene rings is 2. The quantitative estimate of drug-likeness (QED) is 0.514. The van der Waals surface area contributed by atoms with Gasteiger partial charge in [-0.1, -0.05) is 48.5 Å². The fourth-order valence-electron chi connectivity index (χ4n) is 4.93. The Morgan fingerprint density at radius 1 is 0.862 bits per heavy atom. The number of para-hydroxylation sites is 1. The zero-order chi connectivity index (χ0) is 19.5. The van der Waals surface area contributed by atoms with E-state index in [2.05, 4.69) is 5.38 Å². The van der Waals surface area contributed by atoms with Gasteiger partial charge in [0, 0.05) is 4.88 Å². The van der Waals surface area contributed by atoms with E-state index in [0.717, 1.165) is 24.8 Å². The van der Waals surface area contributed by atoms with E-state index in [1.807, 2.05) is 60.7 Å². The molecule has 1 aliphatic carbocycles. The van der Waals surface area contributed by atoms with E-state index in [4.69, 9.17) is 0 Å². The number of aromatic nitrogens is 3. The summed E-state index contributed by atoms with van der Waals surface area (Å²) in [6, 6.07) is 18.9. The van der Waals surface area contributed by atoms with Crippen LogP contribution in [0.1, 0.15) is 46.5 Å². The largest absolute Gasteiger partial charge is 0.352 e. The van der Waals surface area contributed by atoms with Crippen molar-refractivity contribution in [2.75, 3.05) is 0 Å². The van der Waals surface area contributed by atoms with Crippen LogP contribution in [0.25, 0.3) is 5.69 Å². The monoisotopic (exact) mass is 401 g/mol. The van der Waals surface area contributed by atoms with Crippen LogP contribution < -0.4 is 11.4 Å². The van der Waals surface area contributed by atoms with Crippen molar-refractivity contribution in [1.82, 2.24) is 13.9 Å². The zero-order valence-electron chi connectivity index (χ0n) is 15.7. The Bertz CT molecular complexity index is 1330. The Hall–Kier alpha value is -3.12. The van der Waals surface area contributed by atoms with Crippen LogP contribution in [-0.4, -0.2) is 13.9 Å².